The lowest BCUT2D eigenvalue weighted by atomic mass is 10.1. The van der Waals surface area contributed by atoms with Crippen molar-refractivity contribution >= 4 is 17.6 Å². The predicted molar refractivity (Wildman–Crippen MR) is 97.6 cm³/mol. The van der Waals surface area contributed by atoms with Gasteiger partial charge >= 0.3 is 11.7 Å². The lowest BCUT2D eigenvalue weighted by molar-refractivity contribution is -0.386. The molecule has 1 amide bonds. The van der Waals surface area contributed by atoms with Crippen LogP contribution in [0.3, 0.4) is 0 Å². The summed E-state index contributed by atoms with van der Waals surface area (Å²) in [6.45, 7) is 3.77. The molecule has 0 aliphatic rings. The van der Waals surface area contributed by atoms with E-state index in [1.54, 1.807) is 0 Å². The van der Waals surface area contributed by atoms with Crippen LogP contribution in [0.1, 0.15) is 28.4 Å². The number of nitrogens with zero attached hydrogens (tertiary/aromatic N) is 1. The largest absolute Gasteiger partial charge is 0.474 e. The zero-order valence-electron chi connectivity index (χ0n) is 15.2. The van der Waals surface area contributed by atoms with E-state index in [0.29, 0.717) is 6.54 Å². The van der Waals surface area contributed by atoms with E-state index in [9.17, 15) is 19.7 Å². The maximum atomic E-state index is 12.2. The number of carbonyl (C=O) groups excluding carboxylic acids is 2. The van der Waals surface area contributed by atoms with Gasteiger partial charge in [0.25, 0.3) is 5.91 Å². The molecule has 2 rings (SSSR count). The smallest absolute Gasteiger partial charge is 0.338 e. The van der Waals surface area contributed by atoms with Crippen LogP contribution in [0, 0.1) is 17.0 Å². The molecule has 0 saturated heterocycles. The third-order valence-corrected chi connectivity index (χ3v) is 3.84. The summed E-state index contributed by atoms with van der Waals surface area (Å²) >= 11 is 0. The minimum Gasteiger partial charge on any atom is -0.474 e. The van der Waals surface area contributed by atoms with E-state index in [0.717, 1.165) is 17.2 Å². The summed E-state index contributed by atoms with van der Waals surface area (Å²) in [5.41, 5.74) is 1.64. The highest BCUT2D eigenvalue weighted by molar-refractivity contribution is 5.90. The average molecular weight is 372 g/mol. The molecule has 27 heavy (non-hydrogen) atoms. The van der Waals surface area contributed by atoms with Gasteiger partial charge in [0.05, 0.1) is 17.6 Å². The van der Waals surface area contributed by atoms with Crippen molar-refractivity contribution in [3.8, 4) is 5.75 Å². The Kier molecular flexibility index (Phi) is 6.48. The number of methoxy groups -OCH3 is 1. The molecule has 0 aliphatic carbocycles. The standard InChI is InChI=1S/C19H20N2O6/c1-12-4-6-14(7-5-12)11-20-18(22)13(2)27-17-9-8-15(19(23)26-3)10-16(17)21(24)25/h4-10,13H,11H2,1-3H3,(H,20,22)/t13-/m0/s1. The summed E-state index contributed by atoms with van der Waals surface area (Å²) in [4.78, 5) is 34.3. The van der Waals surface area contributed by atoms with Gasteiger partial charge < -0.3 is 14.8 Å². The summed E-state index contributed by atoms with van der Waals surface area (Å²) in [5, 5.41) is 14.0. The maximum absolute atomic E-state index is 12.2. The minimum absolute atomic E-state index is 0.0213. The number of nitrogens with one attached hydrogen (secondary N) is 1. The van der Waals surface area contributed by atoms with E-state index >= 15 is 0 Å². The summed E-state index contributed by atoms with van der Waals surface area (Å²) in [6.07, 6.45) is -0.960. The van der Waals surface area contributed by atoms with Crippen LogP contribution < -0.4 is 10.1 Å². The Hall–Kier alpha value is -3.42. The molecule has 0 fully saturated rings. The summed E-state index contributed by atoms with van der Waals surface area (Å²) in [7, 11) is 1.18. The molecule has 2 aromatic carbocycles. The fourth-order valence-electron chi connectivity index (χ4n) is 2.29. The second kappa shape index (κ2) is 8.79. The van der Waals surface area contributed by atoms with Crippen molar-refractivity contribution in [3.05, 3.63) is 69.3 Å². The number of nitro benzene ring substituents is 1. The van der Waals surface area contributed by atoms with E-state index in [-0.39, 0.29) is 11.3 Å². The van der Waals surface area contributed by atoms with Crippen LogP contribution in [0.4, 0.5) is 5.69 Å². The van der Waals surface area contributed by atoms with Gasteiger partial charge in [-0.15, -0.1) is 0 Å². The second-order valence-corrected chi connectivity index (χ2v) is 5.89. The van der Waals surface area contributed by atoms with Crippen LogP contribution in [0.5, 0.6) is 5.75 Å². The molecule has 0 spiro atoms. The molecule has 1 atom stereocenters. The van der Waals surface area contributed by atoms with E-state index in [2.05, 4.69) is 10.1 Å². The Morgan fingerprint density at radius 3 is 2.44 bits per heavy atom. The number of hydrogen-bond donors (Lipinski definition) is 1. The van der Waals surface area contributed by atoms with Gasteiger partial charge in [-0.1, -0.05) is 29.8 Å². The van der Waals surface area contributed by atoms with Gasteiger partial charge in [-0.2, -0.15) is 0 Å². The molecule has 0 saturated carbocycles. The molecule has 0 radical (unpaired) electrons. The van der Waals surface area contributed by atoms with Crippen LogP contribution in [0.15, 0.2) is 42.5 Å². The number of aryl methyl sites for hydroxylation is 1. The van der Waals surface area contributed by atoms with Crippen molar-refractivity contribution in [1.29, 1.82) is 0 Å². The highest BCUT2D eigenvalue weighted by Crippen LogP contribution is 2.29. The maximum Gasteiger partial charge on any atom is 0.338 e. The molecule has 0 bridgehead atoms. The topological polar surface area (TPSA) is 108 Å². The number of ether oxygens (including phenoxy) is 2. The number of amides is 1. The highest BCUT2D eigenvalue weighted by Gasteiger charge is 2.23. The Labute approximate surface area is 156 Å². The highest BCUT2D eigenvalue weighted by atomic mass is 16.6. The first-order valence-corrected chi connectivity index (χ1v) is 8.18. The second-order valence-electron chi connectivity index (χ2n) is 5.89. The normalized spacial score (nSPS) is 11.4. The Morgan fingerprint density at radius 2 is 1.85 bits per heavy atom. The van der Waals surface area contributed by atoms with Crippen LogP contribution in [0.25, 0.3) is 0 Å². The quantitative estimate of drug-likeness (QED) is 0.455. The monoisotopic (exact) mass is 372 g/mol. The van der Waals surface area contributed by atoms with Gasteiger partial charge in [0.2, 0.25) is 0 Å². The molecule has 0 aliphatic heterocycles. The molecule has 142 valence electrons. The molecule has 2 aromatic rings. The van der Waals surface area contributed by atoms with Crippen LogP contribution in [-0.4, -0.2) is 30.0 Å². The van der Waals surface area contributed by atoms with E-state index in [1.807, 2.05) is 31.2 Å². The molecule has 0 heterocycles. The zero-order chi connectivity index (χ0) is 20.0. The number of carbonyl (C=O) groups is 2. The number of rotatable bonds is 7. The molecule has 8 nitrogen and oxygen atoms in total. The number of hydrogen-bond acceptors (Lipinski definition) is 6. The summed E-state index contributed by atoms with van der Waals surface area (Å²) in [5.74, 6) is -1.22. The third-order valence-electron chi connectivity index (χ3n) is 3.84. The van der Waals surface area contributed by atoms with Crippen LogP contribution >= 0.6 is 0 Å². The van der Waals surface area contributed by atoms with Gasteiger partial charge in [0, 0.05) is 12.6 Å². The number of nitro groups is 1. The fraction of sp³-hybridized carbons (Fsp3) is 0.263. The molecule has 0 unspecified atom stereocenters. The van der Waals surface area contributed by atoms with Crippen LogP contribution in [0.2, 0.25) is 0 Å². The van der Waals surface area contributed by atoms with Crippen molar-refractivity contribution in [3.63, 3.8) is 0 Å². The van der Waals surface area contributed by atoms with Gasteiger partial charge in [0.1, 0.15) is 0 Å². The lowest BCUT2D eigenvalue weighted by Gasteiger charge is -2.15. The summed E-state index contributed by atoms with van der Waals surface area (Å²) in [6, 6.07) is 11.3. The van der Waals surface area contributed by atoms with E-state index in [1.165, 1.54) is 26.2 Å². The number of esters is 1. The molecular weight excluding hydrogens is 352 g/mol. The Morgan fingerprint density at radius 1 is 1.19 bits per heavy atom. The molecule has 8 heteroatoms. The van der Waals surface area contributed by atoms with E-state index < -0.39 is 28.6 Å². The Balaban J connectivity index is 2.06. The Bertz CT molecular complexity index is 848. The summed E-state index contributed by atoms with van der Waals surface area (Å²) < 4.78 is 9.98. The fourth-order valence-corrected chi connectivity index (χ4v) is 2.29. The van der Waals surface area contributed by atoms with Crippen molar-refractivity contribution in [2.45, 2.75) is 26.5 Å². The third kappa shape index (κ3) is 5.27. The van der Waals surface area contributed by atoms with Crippen molar-refractivity contribution in [2.24, 2.45) is 0 Å². The van der Waals surface area contributed by atoms with Crippen molar-refractivity contribution in [2.75, 3.05) is 7.11 Å². The van der Waals surface area contributed by atoms with Gasteiger partial charge in [-0.25, -0.2) is 4.79 Å². The van der Waals surface area contributed by atoms with Crippen molar-refractivity contribution in [1.82, 2.24) is 5.32 Å². The predicted octanol–water partition coefficient (Wildman–Crippen LogP) is 2.77. The van der Waals surface area contributed by atoms with Crippen LogP contribution in [-0.2, 0) is 16.1 Å². The zero-order valence-corrected chi connectivity index (χ0v) is 15.2. The van der Waals surface area contributed by atoms with E-state index in [4.69, 9.17) is 4.74 Å². The van der Waals surface area contributed by atoms with Crippen molar-refractivity contribution < 1.29 is 24.0 Å². The number of benzene rings is 2. The molecular formula is C19H20N2O6. The first-order chi connectivity index (χ1) is 12.8. The first-order valence-electron chi connectivity index (χ1n) is 8.18. The average Bonchev–Trinajstić information content (AvgIpc) is 2.66. The molecule has 1 N–H and O–H groups in total. The minimum atomic E-state index is -0.960. The van der Waals surface area contributed by atoms with Gasteiger partial charge in [-0.05, 0) is 31.5 Å². The van der Waals surface area contributed by atoms with Gasteiger partial charge in [-0.3, -0.25) is 14.9 Å². The SMILES string of the molecule is COC(=O)c1ccc(O[C@@H](C)C(=O)NCc2ccc(C)cc2)c([N+](=O)[O-])c1. The van der Waals surface area contributed by atoms with Gasteiger partial charge in [0.15, 0.2) is 11.9 Å². The molecule has 0 aromatic heterocycles. The lowest BCUT2D eigenvalue weighted by Crippen LogP contribution is -2.36. The first kappa shape index (κ1) is 19.9.